The van der Waals surface area contributed by atoms with Crippen molar-refractivity contribution >= 4 is 5.97 Å². The third kappa shape index (κ3) is 4.37. The number of ether oxygens (including phenoxy) is 4. The average Bonchev–Trinajstić information content (AvgIpc) is 3.29. The van der Waals surface area contributed by atoms with Crippen LogP contribution < -0.4 is 4.74 Å². The molecule has 3 heterocycles. The number of para-hydroxylation sites is 1. The van der Waals surface area contributed by atoms with Gasteiger partial charge in [-0.15, -0.1) is 0 Å². The summed E-state index contributed by atoms with van der Waals surface area (Å²) in [6.45, 7) is 4.28. The molecule has 0 spiro atoms. The van der Waals surface area contributed by atoms with E-state index < -0.39 is 0 Å². The van der Waals surface area contributed by atoms with E-state index in [-0.39, 0.29) is 12.1 Å². The van der Waals surface area contributed by atoms with Crippen molar-refractivity contribution in [3.05, 3.63) is 29.8 Å². The second-order valence-electron chi connectivity index (χ2n) is 7.30. The molecule has 3 aliphatic heterocycles. The van der Waals surface area contributed by atoms with E-state index in [9.17, 15) is 4.79 Å². The van der Waals surface area contributed by atoms with Gasteiger partial charge in [0.25, 0.3) is 0 Å². The van der Waals surface area contributed by atoms with Crippen LogP contribution in [0.1, 0.15) is 36.0 Å². The molecule has 0 radical (unpaired) electrons. The Hall–Kier alpha value is -1.63. The second-order valence-corrected chi connectivity index (χ2v) is 7.30. The molecule has 3 unspecified atom stereocenters. The quantitative estimate of drug-likeness (QED) is 0.695. The maximum atomic E-state index is 12.5. The summed E-state index contributed by atoms with van der Waals surface area (Å²) in [4.78, 5) is 14.8. The lowest BCUT2D eigenvalue weighted by Crippen LogP contribution is -2.44. The Kier molecular flexibility index (Phi) is 5.72. The molecular formula is C20H27NO5. The van der Waals surface area contributed by atoms with E-state index in [0.29, 0.717) is 36.7 Å². The lowest BCUT2D eigenvalue weighted by atomic mass is 10.2. The normalized spacial score (nSPS) is 28.2. The molecule has 0 saturated carbocycles. The van der Waals surface area contributed by atoms with Crippen LogP contribution in [-0.2, 0) is 14.2 Å². The van der Waals surface area contributed by atoms with Crippen LogP contribution in [0.3, 0.4) is 0 Å². The highest BCUT2D eigenvalue weighted by atomic mass is 16.5. The van der Waals surface area contributed by atoms with Crippen LogP contribution in [-0.4, -0.2) is 68.6 Å². The Bertz CT molecular complexity index is 604. The fourth-order valence-corrected chi connectivity index (χ4v) is 3.95. The predicted molar refractivity (Wildman–Crippen MR) is 95.5 cm³/mol. The van der Waals surface area contributed by atoms with Gasteiger partial charge in [-0.3, -0.25) is 4.90 Å². The molecule has 3 aliphatic rings. The first kappa shape index (κ1) is 17.8. The minimum atomic E-state index is -0.329. The van der Waals surface area contributed by atoms with Crippen LogP contribution in [0.25, 0.3) is 0 Å². The zero-order valence-corrected chi connectivity index (χ0v) is 15.1. The molecule has 0 aromatic heterocycles. The molecule has 142 valence electrons. The molecule has 6 heteroatoms. The molecule has 1 aromatic carbocycles. The summed E-state index contributed by atoms with van der Waals surface area (Å²) < 4.78 is 22.7. The molecule has 6 nitrogen and oxygen atoms in total. The third-order valence-electron chi connectivity index (χ3n) is 5.32. The first-order valence-corrected chi connectivity index (χ1v) is 9.66. The van der Waals surface area contributed by atoms with Crippen molar-refractivity contribution in [2.45, 2.75) is 44.0 Å². The number of likely N-dealkylation sites (tertiary alicyclic amines) is 1. The smallest absolute Gasteiger partial charge is 0.341 e. The number of rotatable bonds is 7. The Morgan fingerprint density at radius 3 is 2.73 bits per heavy atom. The molecule has 4 rings (SSSR count). The summed E-state index contributed by atoms with van der Waals surface area (Å²) in [6, 6.07) is 7.26. The zero-order valence-electron chi connectivity index (χ0n) is 15.1. The lowest BCUT2D eigenvalue weighted by molar-refractivity contribution is -0.0431. The van der Waals surface area contributed by atoms with Gasteiger partial charge in [0.05, 0.1) is 18.3 Å². The number of hydrogen-bond donors (Lipinski definition) is 0. The summed E-state index contributed by atoms with van der Waals surface area (Å²) in [7, 11) is 0. The standard InChI is InChI=1S/C20H27NO5/c22-20(24-11-9-21-12-15-7-8-16(13-21)26-15)18-5-1-2-6-19(18)25-14-17-4-3-10-23-17/h1-2,5-6,15-17H,3-4,7-14H2. The van der Waals surface area contributed by atoms with Gasteiger partial charge in [0, 0.05) is 26.2 Å². The summed E-state index contributed by atoms with van der Waals surface area (Å²) in [5, 5.41) is 0. The number of fused-ring (bicyclic) bond motifs is 2. The maximum Gasteiger partial charge on any atom is 0.341 e. The molecule has 0 amide bonds. The minimum Gasteiger partial charge on any atom is -0.490 e. The summed E-state index contributed by atoms with van der Waals surface area (Å²) in [6.07, 6.45) is 5.21. The van der Waals surface area contributed by atoms with Gasteiger partial charge in [-0.05, 0) is 37.8 Å². The Morgan fingerprint density at radius 1 is 1.15 bits per heavy atom. The first-order chi connectivity index (χ1) is 12.8. The summed E-state index contributed by atoms with van der Waals surface area (Å²) >= 11 is 0. The van der Waals surface area contributed by atoms with Gasteiger partial charge < -0.3 is 18.9 Å². The largest absolute Gasteiger partial charge is 0.490 e. The van der Waals surface area contributed by atoms with E-state index in [1.54, 1.807) is 6.07 Å². The molecule has 3 atom stereocenters. The number of carbonyl (C=O) groups is 1. The number of nitrogens with zero attached hydrogens (tertiary/aromatic N) is 1. The Labute approximate surface area is 154 Å². The monoisotopic (exact) mass is 361 g/mol. The Balaban J connectivity index is 1.26. The highest BCUT2D eigenvalue weighted by Crippen LogP contribution is 2.26. The van der Waals surface area contributed by atoms with Crippen LogP contribution >= 0.6 is 0 Å². The number of benzene rings is 1. The van der Waals surface area contributed by atoms with E-state index in [0.717, 1.165) is 51.9 Å². The van der Waals surface area contributed by atoms with E-state index in [4.69, 9.17) is 18.9 Å². The number of morpholine rings is 1. The molecule has 3 fully saturated rings. The van der Waals surface area contributed by atoms with Gasteiger partial charge in [-0.25, -0.2) is 4.79 Å². The van der Waals surface area contributed by atoms with Gasteiger partial charge in [0.1, 0.15) is 24.5 Å². The molecule has 3 saturated heterocycles. The zero-order chi connectivity index (χ0) is 17.8. The van der Waals surface area contributed by atoms with Crippen molar-refractivity contribution in [1.82, 2.24) is 4.90 Å². The molecule has 2 bridgehead atoms. The van der Waals surface area contributed by atoms with E-state index in [1.807, 2.05) is 18.2 Å². The summed E-state index contributed by atoms with van der Waals surface area (Å²) in [5.41, 5.74) is 0.479. The van der Waals surface area contributed by atoms with Crippen LogP contribution in [0.5, 0.6) is 5.75 Å². The third-order valence-corrected chi connectivity index (χ3v) is 5.32. The molecule has 0 aliphatic carbocycles. The fraction of sp³-hybridized carbons (Fsp3) is 0.650. The van der Waals surface area contributed by atoms with Gasteiger partial charge >= 0.3 is 5.97 Å². The van der Waals surface area contributed by atoms with Crippen molar-refractivity contribution in [3.8, 4) is 5.75 Å². The van der Waals surface area contributed by atoms with Crippen molar-refractivity contribution in [1.29, 1.82) is 0 Å². The van der Waals surface area contributed by atoms with Crippen molar-refractivity contribution < 1.29 is 23.7 Å². The van der Waals surface area contributed by atoms with Crippen LogP contribution in [0, 0.1) is 0 Å². The van der Waals surface area contributed by atoms with Gasteiger partial charge in [-0.1, -0.05) is 12.1 Å². The minimum absolute atomic E-state index is 0.121. The Morgan fingerprint density at radius 2 is 1.96 bits per heavy atom. The van der Waals surface area contributed by atoms with Crippen molar-refractivity contribution in [2.75, 3.05) is 39.5 Å². The second kappa shape index (κ2) is 8.37. The molecule has 0 N–H and O–H groups in total. The van der Waals surface area contributed by atoms with Crippen LogP contribution in [0.2, 0.25) is 0 Å². The van der Waals surface area contributed by atoms with Crippen molar-refractivity contribution in [3.63, 3.8) is 0 Å². The van der Waals surface area contributed by atoms with Crippen molar-refractivity contribution in [2.24, 2.45) is 0 Å². The van der Waals surface area contributed by atoms with E-state index in [1.165, 1.54) is 0 Å². The average molecular weight is 361 g/mol. The van der Waals surface area contributed by atoms with E-state index >= 15 is 0 Å². The highest BCUT2D eigenvalue weighted by molar-refractivity contribution is 5.92. The van der Waals surface area contributed by atoms with E-state index in [2.05, 4.69) is 4.90 Å². The number of esters is 1. The predicted octanol–water partition coefficient (Wildman–Crippen LogP) is 2.26. The summed E-state index contributed by atoms with van der Waals surface area (Å²) in [5.74, 6) is 0.238. The SMILES string of the molecule is O=C(OCCN1CC2CCC(C1)O2)c1ccccc1OCC1CCCO1. The molecule has 1 aromatic rings. The number of hydrogen-bond acceptors (Lipinski definition) is 6. The van der Waals surface area contributed by atoms with Crippen LogP contribution in [0.15, 0.2) is 24.3 Å². The highest BCUT2D eigenvalue weighted by Gasteiger charge is 2.33. The van der Waals surface area contributed by atoms with Crippen LogP contribution in [0.4, 0.5) is 0 Å². The molecule has 26 heavy (non-hydrogen) atoms. The maximum absolute atomic E-state index is 12.5. The number of carbonyl (C=O) groups excluding carboxylic acids is 1. The molecular weight excluding hydrogens is 334 g/mol. The fourth-order valence-electron chi connectivity index (χ4n) is 3.95. The van der Waals surface area contributed by atoms with Gasteiger partial charge in [-0.2, -0.15) is 0 Å². The topological polar surface area (TPSA) is 57.2 Å². The first-order valence-electron chi connectivity index (χ1n) is 9.66. The lowest BCUT2D eigenvalue weighted by Gasteiger charge is -2.31. The van der Waals surface area contributed by atoms with Gasteiger partial charge in [0.15, 0.2) is 0 Å². The van der Waals surface area contributed by atoms with Gasteiger partial charge in [0.2, 0.25) is 0 Å².